The van der Waals surface area contributed by atoms with Crippen molar-refractivity contribution in [1.82, 2.24) is 24.9 Å². The van der Waals surface area contributed by atoms with E-state index in [0.29, 0.717) is 6.04 Å². The van der Waals surface area contributed by atoms with E-state index in [9.17, 15) is 4.79 Å². The molecule has 0 atom stereocenters. The zero-order valence-electron chi connectivity index (χ0n) is 11.8. The summed E-state index contributed by atoms with van der Waals surface area (Å²) in [5, 5.41) is 3.35. The van der Waals surface area contributed by atoms with Crippen molar-refractivity contribution in [1.29, 1.82) is 0 Å². The number of piperidine rings is 1. The predicted molar refractivity (Wildman–Crippen MR) is 72.8 cm³/mol. The minimum absolute atomic E-state index is 0.216. The summed E-state index contributed by atoms with van der Waals surface area (Å²) >= 11 is 0. The molecule has 2 fully saturated rings. The van der Waals surface area contributed by atoms with Crippen molar-refractivity contribution in [2.45, 2.75) is 18.9 Å². The van der Waals surface area contributed by atoms with Crippen molar-refractivity contribution >= 4 is 5.91 Å². The number of hydrogen-bond acceptors (Lipinski definition) is 5. The molecular formula is C13H23N5O. The first-order valence-corrected chi connectivity index (χ1v) is 7.02. The largest absolute Gasteiger partial charge is 0.345 e. The number of nitrogens with one attached hydrogen (secondary N) is 1. The molecule has 0 saturated carbocycles. The third-order valence-electron chi connectivity index (χ3n) is 4.01. The number of hydrogen-bond donors (Lipinski definition) is 1. The zero-order valence-corrected chi connectivity index (χ0v) is 11.8. The van der Waals surface area contributed by atoms with Gasteiger partial charge in [0.15, 0.2) is 0 Å². The second-order valence-electron chi connectivity index (χ2n) is 5.90. The standard InChI is InChI=1S/C13H23N5O/c1-15(2)8-16-7-12-13(19)18(10-17(12)9-16)11-3-5-14-6-4-11/h7,11,14H,3-6,8-10H2,1-2H3. The van der Waals surface area contributed by atoms with E-state index in [1.165, 1.54) is 0 Å². The first kappa shape index (κ1) is 12.7. The molecule has 6 heteroatoms. The summed E-state index contributed by atoms with van der Waals surface area (Å²) in [6, 6.07) is 0.419. The van der Waals surface area contributed by atoms with Crippen molar-refractivity contribution in [2.75, 3.05) is 47.2 Å². The van der Waals surface area contributed by atoms with Crippen LogP contribution in [0.5, 0.6) is 0 Å². The summed E-state index contributed by atoms with van der Waals surface area (Å²) in [4.78, 5) is 21.0. The van der Waals surface area contributed by atoms with Crippen molar-refractivity contribution in [2.24, 2.45) is 0 Å². The Balaban J connectivity index is 1.66. The van der Waals surface area contributed by atoms with Crippen LogP contribution in [-0.4, -0.2) is 78.7 Å². The van der Waals surface area contributed by atoms with Crippen LogP contribution < -0.4 is 5.32 Å². The molecule has 106 valence electrons. The van der Waals surface area contributed by atoms with Crippen LogP contribution in [0.3, 0.4) is 0 Å². The van der Waals surface area contributed by atoms with Crippen LogP contribution in [-0.2, 0) is 4.79 Å². The van der Waals surface area contributed by atoms with Crippen LogP contribution in [0.4, 0.5) is 0 Å². The van der Waals surface area contributed by atoms with E-state index in [0.717, 1.165) is 51.6 Å². The Kier molecular flexibility index (Phi) is 3.36. The fourth-order valence-corrected chi connectivity index (χ4v) is 3.15. The molecular weight excluding hydrogens is 242 g/mol. The Hall–Kier alpha value is -1.27. The summed E-state index contributed by atoms with van der Waals surface area (Å²) in [6.45, 7) is 4.51. The molecule has 6 nitrogen and oxygen atoms in total. The first-order chi connectivity index (χ1) is 9.15. The number of amides is 1. The quantitative estimate of drug-likeness (QED) is 0.743. The number of rotatable bonds is 3. The van der Waals surface area contributed by atoms with Crippen LogP contribution in [0.25, 0.3) is 0 Å². The van der Waals surface area contributed by atoms with E-state index in [-0.39, 0.29) is 5.91 Å². The van der Waals surface area contributed by atoms with E-state index in [1.54, 1.807) is 0 Å². The molecule has 2 saturated heterocycles. The molecule has 3 rings (SSSR count). The van der Waals surface area contributed by atoms with Crippen LogP contribution in [0.15, 0.2) is 11.9 Å². The first-order valence-electron chi connectivity index (χ1n) is 7.02. The fraction of sp³-hybridized carbons (Fsp3) is 0.769. The molecule has 0 aliphatic carbocycles. The van der Waals surface area contributed by atoms with Gasteiger partial charge in [0.1, 0.15) is 5.70 Å². The SMILES string of the molecule is CN(C)CN1C=C2C(=O)N(C3CCNCC3)CN2C1. The third-order valence-corrected chi connectivity index (χ3v) is 4.01. The number of carbonyl (C=O) groups excluding carboxylic acids is 1. The molecule has 0 aromatic carbocycles. The van der Waals surface area contributed by atoms with Gasteiger partial charge in [0.25, 0.3) is 5.91 Å². The highest BCUT2D eigenvalue weighted by Crippen LogP contribution is 2.28. The lowest BCUT2D eigenvalue weighted by molar-refractivity contribution is -0.127. The maximum absolute atomic E-state index is 12.5. The van der Waals surface area contributed by atoms with Crippen molar-refractivity contribution < 1.29 is 4.79 Å². The van der Waals surface area contributed by atoms with Crippen molar-refractivity contribution in [3.05, 3.63) is 11.9 Å². The monoisotopic (exact) mass is 265 g/mol. The van der Waals surface area contributed by atoms with E-state index in [4.69, 9.17) is 0 Å². The predicted octanol–water partition coefficient (Wildman–Crippen LogP) is -0.526. The Morgan fingerprint density at radius 2 is 2.05 bits per heavy atom. The van der Waals surface area contributed by atoms with Gasteiger partial charge in [-0.15, -0.1) is 0 Å². The lowest BCUT2D eigenvalue weighted by Gasteiger charge is -2.32. The molecule has 0 spiro atoms. The van der Waals surface area contributed by atoms with Gasteiger partial charge >= 0.3 is 0 Å². The van der Waals surface area contributed by atoms with E-state index in [2.05, 4.69) is 24.9 Å². The molecule has 3 aliphatic rings. The normalized spacial score (nSPS) is 24.5. The second kappa shape index (κ2) is 5.02. The van der Waals surface area contributed by atoms with Crippen molar-refractivity contribution in [3.63, 3.8) is 0 Å². The van der Waals surface area contributed by atoms with Gasteiger partial charge in [-0.05, 0) is 40.0 Å². The van der Waals surface area contributed by atoms with Gasteiger partial charge < -0.3 is 20.0 Å². The molecule has 3 aliphatic heterocycles. The second-order valence-corrected chi connectivity index (χ2v) is 5.90. The summed E-state index contributed by atoms with van der Waals surface area (Å²) in [6.07, 6.45) is 4.17. The van der Waals surface area contributed by atoms with Gasteiger partial charge in [0, 0.05) is 12.2 Å². The van der Waals surface area contributed by atoms with Gasteiger partial charge in [-0.3, -0.25) is 9.69 Å². The van der Waals surface area contributed by atoms with Crippen LogP contribution >= 0.6 is 0 Å². The summed E-state index contributed by atoms with van der Waals surface area (Å²) in [5.41, 5.74) is 0.875. The average molecular weight is 265 g/mol. The minimum atomic E-state index is 0.216. The highest BCUT2D eigenvalue weighted by atomic mass is 16.2. The van der Waals surface area contributed by atoms with Gasteiger partial charge in [0.2, 0.25) is 0 Å². The average Bonchev–Trinajstić information content (AvgIpc) is 2.90. The number of nitrogens with zero attached hydrogens (tertiary/aromatic N) is 4. The van der Waals surface area contributed by atoms with E-state index in [1.807, 2.05) is 20.3 Å². The molecule has 3 heterocycles. The molecule has 0 bridgehead atoms. The van der Waals surface area contributed by atoms with Crippen LogP contribution in [0, 0.1) is 0 Å². The van der Waals surface area contributed by atoms with E-state index < -0.39 is 0 Å². The molecule has 0 unspecified atom stereocenters. The molecule has 19 heavy (non-hydrogen) atoms. The third kappa shape index (κ3) is 2.42. The number of carbonyl (C=O) groups is 1. The van der Waals surface area contributed by atoms with Gasteiger partial charge in [-0.25, -0.2) is 0 Å². The lowest BCUT2D eigenvalue weighted by atomic mass is 10.1. The molecule has 0 aromatic heterocycles. The lowest BCUT2D eigenvalue weighted by Crippen LogP contribution is -2.45. The van der Waals surface area contributed by atoms with Crippen LogP contribution in [0.1, 0.15) is 12.8 Å². The van der Waals surface area contributed by atoms with Gasteiger partial charge in [-0.1, -0.05) is 0 Å². The molecule has 0 radical (unpaired) electrons. The molecule has 1 N–H and O–H groups in total. The zero-order chi connectivity index (χ0) is 13.4. The maximum Gasteiger partial charge on any atom is 0.273 e. The minimum Gasteiger partial charge on any atom is -0.345 e. The number of fused-ring (bicyclic) bond motifs is 1. The summed E-state index contributed by atoms with van der Waals surface area (Å²) in [5.74, 6) is 0.216. The smallest absolute Gasteiger partial charge is 0.273 e. The van der Waals surface area contributed by atoms with Crippen LogP contribution in [0.2, 0.25) is 0 Å². The van der Waals surface area contributed by atoms with E-state index >= 15 is 0 Å². The highest BCUT2D eigenvalue weighted by molar-refractivity contribution is 5.95. The van der Waals surface area contributed by atoms with Gasteiger partial charge in [-0.2, -0.15) is 0 Å². The topological polar surface area (TPSA) is 42.1 Å². The maximum atomic E-state index is 12.5. The van der Waals surface area contributed by atoms with Gasteiger partial charge in [0.05, 0.1) is 20.0 Å². The Labute approximate surface area is 114 Å². The Morgan fingerprint density at radius 1 is 1.32 bits per heavy atom. The Bertz CT molecular complexity index is 388. The summed E-state index contributed by atoms with van der Waals surface area (Å²) in [7, 11) is 4.09. The Morgan fingerprint density at radius 3 is 2.68 bits per heavy atom. The van der Waals surface area contributed by atoms with Crippen molar-refractivity contribution in [3.8, 4) is 0 Å². The molecule has 1 amide bonds. The summed E-state index contributed by atoms with van der Waals surface area (Å²) < 4.78 is 0. The molecule has 0 aromatic rings. The highest BCUT2D eigenvalue weighted by Gasteiger charge is 2.40. The fourth-order valence-electron chi connectivity index (χ4n) is 3.15.